The fraction of sp³-hybridized carbons (Fsp3) is 0. The van der Waals surface area contributed by atoms with E-state index in [1.165, 1.54) is 0 Å². The molecular formula is C22H18N6. The molecule has 0 aliphatic rings. The molecule has 0 saturated carbocycles. The maximum Gasteiger partial charge on any atom is 0.227 e. The van der Waals surface area contributed by atoms with E-state index in [1.54, 1.807) is 36.9 Å². The molecule has 0 aliphatic carbocycles. The summed E-state index contributed by atoms with van der Waals surface area (Å²) in [5, 5.41) is 6.71. The van der Waals surface area contributed by atoms with Crippen LogP contribution in [0.25, 0.3) is 11.4 Å². The summed E-state index contributed by atoms with van der Waals surface area (Å²) < 4.78 is 0. The first-order valence-electron chi connectivity index (χ1n) is 8.83. The van der Waals surface area contributed by atoms with Gasteiger partial charge in [-0.15, -0.1) is 0 Å². The number of hydrogen-bond acceptors (Lipinski definition) is 6. The lowest BCUT2D eigenvalue weighted by Crippen LogP contribution is -2.11. The van der Waals surface area contributed by atoms with Crippen LogP contribution in [-0.2, 0) is 0 Å². The minimum absolute atomic E-state index is 0.505. The highest BCUT2D eigenvalue weighted by Gasteiger charge is 2.14. The maximum atomic E-state index is 4.31. The van der Waals surface area contributed by atoms with Crippen LogP contribution in [0.1, 0.15) is 11.1 Å². The standard InChI is InChI=1S/C22H18N6/c1-3-9-17(10-4-1)19(27-21-23-13-7-14-24-21)20(18-11-5-2-6-12-18)28-22-25-15-8-16-26-22/h1-16H,(H,23,24,27)(H,25,26,28). The number of nitrogens with one attached hydrogen (secondary N) is 2. The van der Waals surface area contributed by atoms with E-state index >= 15 is 0 Å². The maximum absolute atomic E-state index is 4.31. The minimum Gasteiger partial charge on any atom is -0.322 e. The van der Waals surface area contributed by atoms with Gasteiger partial charge in [-0.3, -0.25) is 0 Å². The Morgan fingerprint density at radius 3 is 1.18 bits per heavy atom. The van der Waals surface area contributed by atoms with Gasteiger partial charge in [-0.05, 0) is 12.1 Å². The van der Waals surface area contributed by atoms with Crippen LogP contribution >= 0.6 is 0 Å². The molecule has 0 bridgehead atoms. The van der Waals surface area contributed by atoms with Crippen molar-refractivity contribution in [3.05, 3.63) is 109 Å². The van der Waals surface area contributed by atoms with Gasteiger partial charge in [-0.25, -0.2) is 19.9 Å². The Morgan fingerprint density at radius 1 is 0.464 bits per heavy atom. The molecule has 0 aliphatic heterocycles. The number of aromatic nitrogens is 4. The molecule has 0 spiro atoms. The van der Waals surface area contributed by atoms with Crippen LogP contribution in [0.15, 0.2) is 97.6 Å². The van der Waals surface area contributed by atoms with Crippen LogP contribution in [0.5, 0.6) is 0 Å². The van der Waals surface area contributed by atoms with Gasteiger partial charge in [0, 0.05) is 35.9 Å². The zero-order chi connectivity index (χ0) is 19.0. The summed E-state index contributed by atoms with van der Waals surface area (Å²) >= 11 is 0. The van der Waals surface area contributed by atoms with E-state index in [0.29, 0.717) is 11.9 Å². The monoisotopic (exact) mass is 366 g/mol. The van der Waals surface area contributed by atoms with Gasteiger partial charge in [-0.2, -0.15) is 0 Å². The molecule has 0 fully saturated rings. The molecule has 2 heterocycles. The molecule has 0 amide bonds. The van der Waals surface area contributed by atoms with Gasteiger partial charge in [0.15, 0.2) is 0 Å². The van der Waals surface area contributed by atoms with E-state index in [1.807, 2.05) is 60.7 Å². The van der Waals surface area contributed by atoms with Crippen molar-refractivity contribution < 1.29 is 0 Å². The first kappa shape index (κ1) is 17.4. The SMILES string of the molecule is c1ccc(C(Nc2ncccn2)=C(Nc2ncccn2)c2ccccc2)cc1. The Labute approximate surface area is 163 Å². The highest BCUT2D eigenvalue weighted by molar-refractivity contribution is 5.98. The number of hydrogen-bond donors (Lipinski definition) is 2. The number of anilines is 2. The van der Waals surface area contributed by atoms with Crippen LogP contribution in [0.2, 0.25) is 0 Å². The molecule has 2 N–H and O–H groups in total. The summed E-state index contributed by atoms with van der Waals surface area (Å²) in [6.07, 6.45) is 6.81. The van der Waals surface area contributed by atoms with Crippen molar-refractivity contribution in [2.24, 2.45) is 0 Å². The molecule has 0 saturated heterocycles. The highest BCUT2D eigenvalue weighted by atomic mass is 15.1. The summed E-state index contributed by atoms with van der Waals surface area (Å²) in [5.74, 6) is 1.01. The van der Waals surface area contributed by atoms with Crippen molar-refractivity contribution >= 4 is 23.3 Å². The Hall–Kier alpha value is -4.06. The molecule has 28 heavy (non-hydrogen) atoms. The van der Waals surface area contributed by atoms with E-state index in [4.69, 9.17) is 0 Å². The second kappa shape index (κ2) is 8.55. The molecule has 0 atom stereocenters. The van der Waals surface area contributed by atoms with Gasteiger partial charge in [0.05, 0.1) is 11.4 Å². The Bertz CT molecular complexity index is 948. The first-order chi connectivity index (χ1) is 13.9. The lowest BCUT2D eigenvalue weighted by molar-refractivity contribution is 1.16. The fourth-order valence-corrected chi connectivity index (χ4v) is 2.72. The van der Waals surface area contributed by atoms with Crippen molar-refractivity contribution in [1.82, 2.24) is 19.9 Å². The van der Waals surface area contributed by atoms with Crippen LogP contribution in [-0.4, -0.2) is 19.9 Å². The third kappa shape index (κ3) is 4.19. The van der Waals surface area contributed by atoms with E-state index < -0.39 is 0 Å². The van der Waals surface area contributed by atoms with Gasteiger partial charge in [0.2, 0.25) is 11.9 Å². The van der Waals surface area contributed by atoms with Crippen molar-refractivity contribution in [3.8, 4) is 0 Å². The summed E-state index contributed by atoms with van der Waals surface area (Å²) in [6, 6.07) is 23.6. The first-order valence-corrected chi connectivity index (χ1v) is 8.83. The lowest BCUT2D eigenvalue weighted by atomic mass is 10.0. The number of nitrogens with zero attached hydrogens (tertiary/aromatic N) is 4. The molecule has 4 aromatic rings. The van der Waals surface area contributed by atoms with Crippen molar-refractivity contribution in [2.45, 2.75) is 0 Å². The molecule has 4 rings (SSSR count). The summed E-state index contributed by atoms with van der Waals surface area (Å²) in [7, 11) is 0. The normalized spacial score (nSPS) is 11.4. The predicted octanol–water partition coefficient (Wildman–Crippen LogP) is 4.32. The van der Waals surface area contributed by atoms with Crippen molar-refractivity contribution in [3.63, 3.8) is 0 Å². The van der Waals surface area contributed by atoms with Crippen molar-refractivity contribution in [2.75, 3.05) is 10.6 Å². The molecule has 0 unspecified atom stereocenters. The second-order valence-corrected chi connectivity index (χ2v) is 5.88. The molecule has 6 nitrogen and oxygen atoms in total. The van der Waals surface area contributed by atoms with Gasteiger partial charge >= 0.3 is 0 Å². The third-order valence-electron chi connectivity index (χ3n) is 3.98. The average Bonchev–Trinajstić information content (AvgIpc) is 2.79. The molecule has 0 radical (unpaired) electrons. The molecule has 6 heteroatoms. The quantitative estimate of drug-likeness (QED) is 0.495. The molecule has 136 valence electrons. The molecular weight excluding hydrogens is 348 g/mol. The highest BCUT2D eigenvalue weighted by Crippen LogP contribution is 2.27. The summed E-state index contributed by atoms with van der Waals surface area (Å²) in [6.45, 7) is 0. The van der Waals surface area contributed by atoms with Crippen LogP contribution in [0.3, 0.4) is 0 Å². The minimum atomic E-state index is 0.505. The van der Waals surface area contributed by atoms with Crippen LogP contribution in [0.4, 0.5) is 11.9 Å². The smallest absolute Gasteiger partial charge is 0.227 e. The lowest BCUT2D eigenvalue weighted by Gasteiger charge is -2.18. The average molecular weight is 366 g/mol. The van der Waals surface area contributed by atoms with Gasteiger partial charge in [0.25, 0.3) is 0 Å². The van der Waals surface area contributed by atoms with E-state index in [0.717, 1.165) is 22.5 Å². The molecule has 2 aromatic carbocycles. The van der Waals surface area contributed by atoms with Gasteiger partial charge in [0.1, 0.15) is 0 Å². The topological polar surface area (TPSA) is 75.6 Å². The zero-order valence-electron chi connectivity index (χ0n) is 15.0. The summed E-state index contributed by atoms with van der Waals surface area (Å²) in [4.78, 5) is 17.2. The Kier molecular flexibility index (Phi) is 5.30. The van der Waals surface area contributed by atoms with Crippen LogP contribution < -0.4 is 10.6 Å². The Morgan fingerprint density at radius 2 is 0.821 bits per heavy atom. The zero-order valence-corrected chi connectivity index (χ0v) is 15.0. The second-order valence-electron chi connectivity index (χ2n) is 5.88. The van der Waals surface area contributed by atoms with Gasteiger partial charge < -0.3 is 10.6 Å². The van der Waals surface area contributed by atoms with E-state index in [9.17, 15) is 0 Å². The Balaban J connectivity index is 1.88. The van der Waals surface area contributed by atoms with Crippen LogP contribution in [0, 0.1) is 0 Å². The number of benzene rings is 2. The van der Waals surface area contributed by atoms with E-state index in [-0.39, 0.29) is 0 Å². The predicted molar refractivity (Wildman–Crippen MR) is 111 cm³/mol. The third-order valence-corrected chi connectivity index (χ3v) is 3.98. The van der Waals surface area contributed by atoms with Crippen molar-refractivity contribution in [1.29, 1.82) is 0 Å². The summed E-state index contributed by atoms with van der Waals surface area (Å²) in [5.41, 5.74) is 3.62. The molecule has 2 aromatic heterocycles. The van der Waals surface area contributed by atoms with E-state index in [2.05, 4.69) is 30.6 Å². The largest absolute Gasteiger partial charge is 0.322 e. The van der Waals surface area contributed by atoms with Gasteiger partial charge in [-0.1, -0.05) is 60.7 Å². The number of rotatable bonds is 6. The fourth-order valence-electron chi connectivity index (χ4n) is 2.72.